The van der Waals surface area contributed by atoms with Crippen LogP contribution in [0.5, 0.6) is 0 Å². The van der Waals surface area contributed by atoms with Gasteiger partial charge in [-0.05, 0) is 75.2 Å². The third-order valence-electron chi connectivity index (χ3n) is 8.19. The predicted octanol–water partition coefficient (Wildman–Crippen LogP) is 6.62. The van der Waals surface area contributed by atoms with Crippen LogP contribution in [0.3, 0.4) is 0 Å². The number of hydrogen-bond donors (Lipinski definition) is 4. The molecule has 0 aromatic carbocycles. The summed E-state index contributed by atoms with van der Waals surface area (Å²) < 4.78 is 0. The Kier molecular flexibility index (Phi) is 4.16. The lowest BCUT2D eigenvalue weighted by Crippen LogP contribution is -2.28. The summed E-state index contributed by atoms with van der Waals surface area (Å²) in [6.45, 7) is 18.4. The van der Waals surface area contributed by atoms with Gasteiger partial charge in [0.15, 0.2) is 0 Å². The van der Waals surface area contributed by atoms with E-state index in [0.29, 0.717) is 0 Å². The molecule has 1 aliphatic rings. The Balaban J connectivity index is 1.81. The molecule has 5 rings (SSSR count). The largest absolute Gasteiger partial charge is 0.367 e. The lowest BCUT2D eigenvalue weighted by atomic mass is 9.73. The number of aromatic nitrogens is 4. The zero-order chi connectivity index (χ0) is 23.1. The van der Waals surface area contributed by atoms with Crippen molar-refractivity contribution in [2.24, 2.45) is 0 Å². The third-order valence-corrected chi connectivity index (χ3v) is 8.19. The van der Waals surface area contributed by atoms with Crippen LogP contribution in [0.4, 0.5) is 0 Å². The van der Waals surface area contributed by atoms with E-state index in [1.54, 1.807) is 0 Å². The van der Waals surface area contributed by atoms with E-state index in [2.05, 4.69) is 124 Å². The highest BCUT2D eigenvalue weighted by atomic mass is 14.9. The summed E-state index contributed by atoms with van der Waals surface area (Å²) in [7, 11) is 0. The quantitative estimate of drug-likeness (QED) is 0.243. The maximum Gasteiger partial charge on any atom is 0.0447 e. The molecular weight excluding hydrogens is 392 g/mol. The van der Waals surface area contributed by atoms with E-state index in [1.165, 1.54) is 45.3 Å². The van der Waals surface area contributed by atoms with E-state index in [4.69, 9.17) is 0 Å². The fraction of sp³-hybridized carbons (Fsp3) is 0.429. The highest BCUT2D eigenvalue weighted by molar-refractivity contribution is 5.48. The zero-order valence-electron chi connectivity index (χ0n) is 20.6. The highest BCUT2D eigenvalue weighted by Gasteiger charge is 2.38. The van der Waals surface area contributed by atoms with Gasteiger partial charge in [0.1, 0.15) is 0 Å². The Morgan fingerprint density at radius 3 is 0.938 bits per heavy atom. The van der Waals surface area contributed by atoms with Gasteiger partial charge in [-0.15, -0.1) is 0 Å². The third kappa shape index (κ3) is 2.74. The molecule has 4 heteroatoms. The molecule has 5 heterocycles. The lowest BCUT2D eigenvalue weighted by molar-refractivity contribution is 0.555. The van der Waals surface area contributed by atoms with Crippen molar-refractivity contribution in [2.75, 3.05) is 0 Å². The van der Waals surface area contributed by atoms with Gasteiger partial charge in [0.2, 0.25) is 0 Å². The first kappa shape index (κ1) is 21.0. The maximum absolute atomic E-state index is 3.80. The van der Waals surface area contributed by atoms with Gasteiger partial charge in [-0.1, -0.05) is 27.7 Å². The molecule has 0 aliphatic carbocycles. The minimum atomic E-state index is -0.170. The number of aromatic amines is 4. The van der Waals surface area contributed by atoms with Crippen molar-refractivity contribution in [3.05, 3.63) is 94.1 Å². The molecule has 1 aliphatic heterocycles. The number of H-pyrrole nitrogens is 4. The van der Waals surface area contributed by atoms with E-state index in [1.807, 2.05) is 0 Å². The van der Waals surface area contributed by atoms with Gasteiger partial charge in [-0.2, -0.15) is 0 Å². The van der Waals surface area contributed by atoms with Crippen molar-refractivity contribution in [3.63, 3.8) is 0 Å². The predicted molar refractivity (Wildman–Crippen MR) is 132 cm³/mol. The molecular formula is C28H36N4. The first-order chi connectivity index (χ1) is 14.9. The number of nitrogens with one attached hydrogen (secondary N) is 4. The topological polar surface area (TPSA) is 63.2 Å². The van der Waals surface area contributed by atoms with Crippen LogP contribution < -0.4 is 0 Å². The van der Waals surface area contributed by atoms with Crippen LogP contribution in [-0.2, 0) is 21.7 Å². The summed E-state index contributed by atoms with van der Waals surface area (Å²) in [5, 5.41) is 0. The second-order valence-electron chi connectivity index (χ2n) is 11.6. The summed E-state index contributed by atoms with van der Waals surface area (Å²) in [6.07, 6.45) is 4.34. The van der Waals surface area contributed by atoms with Crippen molar-refractivity contribution >= 4 is 0 Å². The molecule has 4 N–H and O–H groups in total. The van der Waals surface area contributed by atoms with Crippen LogP contribution in [0, 0.1) is 0 Å². The summed E-state index contributed by atoms with van der Waals surface area (Å²) >= 11 is 0. The van der Waals surface area contributed by atoms with Crippen molar-refractivity contribution < 1.29 is 0 Å². The number of fused-ring (bicyclic) bond motifs is 7. The Morgan fingerprint density at radius 2 is 0.656 bits per heavy atom. The lowest BCUT2D eigenvalue weighted by Gasteiger charge is -2.32. The van der Waals surface area contributed by atoms with E-state index in [0.717, 1.165) is 0 Å². The van der Waals surface area contributed by atoms with Crippen LogP contribution in [0.15, 0.2) is 48.8 Å². The van der Waals surface area contributed by atoms with Gasteiger partial charge in [0.25, 0.3) is 0 Å². The molecule has 32 heavy (non-hydrogen) atoms. The van der Waals surface area contributed by atoms with Crippen molar-refractivity contribution in [3.8, 4) is 0 Å². The molecule has 0 atom stereocenters. The van der Waals surface area contributed by atoms with Gasteiger partial charge < -0.3 is 19.9 Å². The highest BCUT2D eigenvalue weighted by Crippen LogP contribution is 2.43. The van der Waals surface area contributed by atoms with Crippen LogP contribution >= 0.6 is 0 Å². The van der Waals surface area contributed by atoms with Crippen LogP contribution in [0.1, 0.15) is 101 Å². The van der Waals surface area contributed by atoms with E-state index in [9.17, 15) is 0 Å². The molecule has 4 aromatic heterocycles. The fourth-order valence-corrected chi connectivity index (χ4v) is 5.35. The average Bonchev–Trinajstić information content (AvgIpc) is 3.52. The molecule has 0 radical (unpaired) electrons. The number of rotatable bonds is 0. The standard InChI is InChI=1S/C28H36N4/c1-25(2)17-15-29-16-18(17)26(3,4)20-10-12-22(31-20)28(7,8)24-14-13-23(32-24)27(5,6)21-11-9-19(25)30-21/h9-16,29-32H,1-8H3. The first-order valence-electron chi connectivity index (χ1n) is 11.6. The first-order valence-corrected chi connectivity index (χ1v) is 11.6. The summed E-state index contributed by atoms with van der Waals surface area (Å²) in [6, 6.07) is 13.5. The van der Waals surface area contributed by atoms with Gasteiger partial charge >= 0.3 is 0 Å². The van der Waals surface area contributed by atoms with E-state index < -0.39 is 0 Å². The van der Waals surface area contributed by atoms with Gasteiger partial charge in [-0.25, -0.2) is 0 Å². The molecule has 168 valence electrons. The Morgan fingerprint density at radius 1 is 0.406 bits per heavy atom. The second kappa shape index (κ2) is 6.34. The Hall–Kier alpha value is -2.88. The van der Waals surface area contributed by atoms with E-state index >= 15 is 0 Å². The molecule has 0 amide bonds. The van der Waals surface area contributed by atoms with Gasteiger partial charge in [0, 0.05) is 68.2 Å². The molecule has 0 saturated heterocycles. The van der Waals surface area contributed by atoms with Crippen molar-refractivity contribution in [1.82, 2.24) is 19.9 Å². The summed E-state index contributed by atoms with van der Waals surface area (Å²) in [5.74, 6) is 0. The molecule has 0 spiro atoms. The normalized spacial score (nSPS) is 20.2. The SMILES string of the molecule is CC1(C)c2ccc([nH]2)C(C)(C)c2ccc([nH]2)C(C)(C)c2c[nH]cc2C(C)(C)c2ccc1[nH]2. The average molecular weight is 429 g/mol. The smallest absolute Gasteiger partial charge is 0.0447 e. The molecule has 4 nitrogen and oxygen atoms in total. The number of hydrogen-bond acceptors (Lipinski definition) is 0. The maximum atomic E-state index is 3.80. The van der Waals surface area contributed by atoms with Crippen LogP contribution in [0.25, 0.3) is 0 Å². The molecule has 4 aromatic rings. The Bertz CT molecular complexity index is 1190. The van der Waals surface area contributed by atoms with Crippen molar-refractivity contribution in [1.29, 1.82) is 0 Å². The molecule has 6 bridgehead atoms. The van der Waals surface area contributed by atoms with Crippen LogP contribution in [-0.4, -0.2) is 19.9 Å². The van der Waals surface area contributed by atoms with Crippen molar-refractivity contribution in [2.45, 2.75) is 77.0 Å². The Labute approximate surface area is 191 Å². The minimum absolute atomic E-state index is 0.163. The molecule has 0 saturated carbocycles. The summed E-state index contributed by atoms with van der Waals surface area (Å²) in [5.41, 5.74) is 9.31. The van der Waals surface area contributed by atoms with Gasteiger partial charge in [-0.3, -0.25) is 0 Å². The molecule has 0 fully saturated rings. The van der Waals surface area contributed by atoms with E-state index in [-0.39, 0.29) is 21.7 Å². The van der Waals surface area contributed by atoms with Crippen LogP contribution in [0.2, 0.25) is 0 Å². The fourth-order valence-electron chi connectivity index (χ4n) is 5.35. The summed E-state index contributed by atoms with van der Waals surface area (Å²) in [4.78, 5) is 14.8. The second-order valence-corrected chi connectivity index (χ2v) is 11.6. The van der Waals surface area contributed by atoms with Gasteiger partial charge in [0.05, 0.1) is 0 Å². The monoisotopic (exact) mass is 428 g/mol. The zero-order valence-corrected chi connectivity index (χ0v) is 20.6. The molecule has 0 unspecified atom stereocenters. The minimum Gasteiger partial charge on any atom is -0.367 e.